The summed E-state index contributed by atoms with van der Waals surface area (Å²) in [5.74, 6) is 0. The van der Waals surface area contributed by atoms with Crippen LogP contribution in [-0.4, -0.2) is 18.5 Å². The van der Waals surface area contributed by atoms with Gasteiger partial charge in [0.25, 0.3) is 0 Å². The Balaban J connectivity index is 2.60. The van der Waals surface area contributed by atoms with Crippen LogP contribution in [0.3, 0.4) is 0 Å². The minimum atomic E-state index is 1.23. The van der Waals surface area contributed by atoms with Gasteiger partial charge < -0.3 is 0 Å². The first kappa shape index (κ1) is 9.86. The molecule has 0 heterocycles. The molecule has 9 heavy (non-hydrogen) atoms. The molecule has 0 aliphatic rings. The third-order valence-electron chi connectivity index (χ3n) is 1.26. The summed E-state index contributed by atoms with van der Waals surface area (Å²) in [5.41, 5.74) is 0. The minimum Gasteiger partial charge on any atom is -0.138 e. The van der Waals surface area contributed by atoms with Crippen LogP contribution in [0.1, 0.15) is 26.2 Å². The highest BCUT2D eigenvalue weighted by Gasteiger charge is 1.85. The van der Waals surface area contributed by atoms with Crippen LogP contribution in [-0.2, 0) is 0 Å². The van der Waals surface area contributed by atoms with Crippen LogP contribution < -0.4 is 0 Å². The van der Waals surface area contributed by atoms with Crippen LogP contribution >= 0.6 is 17.8 Å². The van der Waals surface area contributed by atoms with Crippen LogP contribution in [0.15, 0.2) is 0 Å². The number of unbranched alkanes of at least 4 members (excludes halogenated alkanes) is 1. The summed E-state index contributed by atoms with van der Waals surface area (Å²) < 4.78 is 0. The van der Waals surface area contributed by atoms with Gasteiger partial charge in [-0.05, 0) is 31.3 Å². The highest BCUT2D eigenvalue weighted by molar-refractivity contribution is 7.37. The zero-order chi connectivity index (χ0) is 6.95. The van der Waals surface area contributed by atoms with Gasteiger partial charge in [-0.2, -0.15) is 0 Å². The summed E-state index contributed by atoms with van der Waals surface area (Å²) in [7, 11) is 4.01. The van der Waals surface area contributed by atoms with Gasteiger partial charge in [0, 0.05) is 0 Å². The predicted octanol–water partition coefficient (Wildman–Crippen LogP) is 2.73. The fourth-order valence-electron chi connectivity index (χ4n) is 0.654. The Morgan fingerprint density at radius 1 is 1.22 bits per heavy atom. The molecule has 2 atom stereocenters. The van der Waals surface area contributed by atoms with Gasteiger partial charge in [-0.15, -0.1) is 17.8 Å². The second-order valence-electron chi connectivity index (χ2n) is 2.25. The number of hydrogen-bond donors (Lipinski definition) is 0. The van der Waals surface area contributed by atoms with E-state index in [1.165, 1.54) is 46.3 Å². The van der Waals surface area contributed by atoms with Crippen LogP contribution in [0.2, 0.25) is 0 Å². The van der Waals surface area contributed by atoms with Crippen molar-refractivity contribution in [1.82, 2.24) is 0 Å². The maximum absolute atomic E-state index is 2.78. The molecule has 0 fully saturated rings. The summed E-state index contributed by atoms with van der Waals surface area (Å²) in [6, 6.07) is 0. The van der Waals surface area contributed by atoms with Gasteiger partial charge in [-0.3, -0.25) is 0 Å². The Kier molecular flexibility index (Phi) is 9.71. The molecule has 0 aromatic rings. The smallest absolute Gasteiger partial charge is 0.0350 e. The molecule has 0 spiro atoms. The average Bonchev–Trinajstić information content (AvgIpc) is 1.89. The van der Waals surface area contributed by atoms with Crippen molar-refractivity contribution in [3.05, 3.63) is 0 Å². The van der Waals surface area contributed by atoms with Crippen molar-refractivity contribution in [2.75, 3.05) is 18.5 Å². The first-order valence-corrected chi connectivity index (χ1v) is 6.05. The molecule has 2 heteroatoms. The van der Waals surface area contributed by atoms with E-state index in [2.05, 4.69) is 16.2 Å². The quantitative estimate of drug-likeness (QED) is 0.418. The summed E-state index contributed by atoms with van der Waals surface area (Å²) >= 11 is 0. The highest BCUT2D eigenvalue weighted by Crippen LogP contribution is 2.13. The normalized spacial score (nSPS) is 11.3. The molecule has 0 bridgehead atoms. The number of hydrogen-bond acceptors (Lipinski definition) is 0. The average molecular weight is 164 g/mol. The molecule has 0 aliphatic heterocycles. The van der Waals surface area contributed by atoms with E-state index in [1.54, 1.807) is 0 Å². The molecule has 0 nitrogen and oxygen atoms in total. The van der Waals surface area contributed by atoms with Crippen LogP contribution in [0.25, 0.3) is 0 Å². The Labute approximate surface area is 63.2 Å². The van der Waals surface area contributed by atoms with E-state index in [9.17, 15) is 0 Å². The van der Waals surface area contributed by atoms with Crippen LogP contribution in [0.4, 0.5) is 0 Å². The lowest BCUT2D eigenvalue weighted by atomic mass is 10.4. The number of rotatable bonds is 6. The van der Waals surface area contributed by atoms with Crippen LogP contribution in [0, 0.1) is 0 Å². The van der Waals surface area contributed by atoms with Crippen molar-refractivity contribution in [3.8, 4) is 0 Å². The molecule has 56 valence electrons. The van der Waals surface area contributed by atoms with Gasteiger partial charge in [-0.1, -0.05) is 13.3 Å². The molecule has 0 aromatic heterocycles. The lowest BCUT2D eigenvalue weighted by Crippen LogP contribution is -1.80. The van der Waals surface area contributed by atoms with Crippen molar-refractivity contribution in [3.63, 3.8) is 0 Å². The lowest BCUT2D eigenvalue weighted by molar-refractivity contribution is 0.892. The topological polar surface area (TPSA) is 0 Å². The molecule has 2 unspecified atom stereocenters. The molecule has 0 aromatic carbocycles. The Bertz CT molecular complexity index is 40.2. The first-order chi connectivity index (χ1) is 4.41. The third kappa shape index (κ3) is 8.86. The van der Waals surface area contributed by atoms with Crippen molar-refractivity contribution < 1.29 is 0 Å². The molecule has 0 N–H and O–H groups in total. The molecule has 0 aliphatic carbocycles. The molecule has 0 saturated heterocycles. The van der Waals surface area contributed by atoms with Gasteiger partial charge in [0.05, 0.1) is 0 Å². The van der Waals surface area contributed by atoms with Crippen molar-refractivity contribution >= 4 is 17.8 Å². The summed E-state index contributed by atoms with van der Waals surface area (Å²) in [5, 5.41) is 0. The Morgan fingerprint density at radius 2 is 1.89 bits per heavy atom. The highest BCUT2D eigenvalue weighted by atomic mass is 31.1. The molecule has 0 amide bonds. The molecular weight excluding hydrogens is 146 g/mol. The molecule has 0 rings (SSSR count). The monoisotopic (exact) mass is 164 g/mol. The fourth-order valence-corrected chi connectivity index (χ4v) is 2.57. The Hall–Kier alpha value is 0.860. The zero-order valence-electron chi connectivity index (χ0n) is 6.32. The van der Waals surface area contributed by atoms with E-state index < -0.39 is 0 Å². The van der Waals surface area contributed by atoms with Crippen LogP contribution in [0.5, 0.6) is 0 Å². The maximum Gasteiger partial charge on any atom is -0.0350 e. The van der Waals surface area contributed by atoms with E-state index in [-0.39, 0.29) is 0 Å². The van der Waals surface area contributed by atoms with Gasteiger partial charge >= 0.3 is 0 Å². The summed E-state index contributed by atoms with van der Waals surface area (Å²) in [6.45, 7) is 2.26. The summed E-state index contributed by atoms with van der Waals surface area (Å²) in [4.78, 5) is 0. The van der Waals surface area contributed by atoms with Gasteiger partial charge in [0.1, 0.15) is 0 Å². The largest absolute Gasteiger partial charge is 0.138 e. The lowest BCUT2D eigenvalue weighted by Gasteiger charge is -1.96. The van der Waals surface area contributed by atoms with Crippen molar-refractivity contribution in [2.24, 2.45) is 0 Å². The predicted molar refractivity (Wildman–Crippen MR) is 52.2 cm³/mol. The van der Waals surface area contributed by atoms with E-state index in [4.69, 9.17) is 0 Å². The first-order valence-electron chi connectivity index (χ1n) is 3.82. The Morgan fingerprint density at radius 3 is 2.44 bits per heavy atom. The second-order valence-corrected chi connectivity index (χ2v) is 4.32. The second kappa shape index (κ2) is 8.86. The SMILES string of the molecule is CCCCPCCCP. The van der Waals surface area contributed by atoms with E-state index >= 15 is 0 Å². The van der Waals surface area contributed by atoms with Gasteiger partial charge in [0.15, 0.2) is 0 Å². The third-order valence-corrected chi connectivity index (χ3v) is 3.09. The standard InChI is InChI=1S/C7H18P2/c1-2-3-6-9-7-4-5-8/h9H,2-8H2,1H3. The fraction of sp³-hybridized carbons (Fsp3) is 1.00. The zero-order valence-corrected chi connectivity index (χ0v) is 8.47. The molecular formula is C7H18P2. The minimum absolute atomic E-state index is 1.23. The molecule has 0 radical (unpaired) electrons. The van der Waals surface area contributed by atoms with Gasteiger partial charge in [-0.25, -0.2) is 0 Å². The van der Waals surface area contributed by atoms with E-state index in [0.717, 1.165) is 0 Å². The van der Waals surface area contributed by atoms with Gasteiger partial charge in [0.2, 0.25) is 0 Å². The molecule has 0 saturated carbocycles. The van der Waals surface area contributed by atoms with Crippen molar-refractivity contribution in [2.45, 2.75) is 26.2 Å². The van der Waals surface area contributed by atoms with E-state index in [0.29, 0.717) is 0 Å². The summed E-state index contributed by atoms with van der Waals surface area (Å²) in [6.07, 6.45) is 8.44. The maximum atomic E-state index is 2.78. The van der Waals surface area contributed by atoms with Crippen molar-refractivity contribution in [1.29, 1.82) is 0 Å². The van der Waals surface area contributed by atoms with E-state index in [1.807, 2.05) is 0 Å².